The third-order valence-electron chi connectivity index (χ3n) is 2.63. The third-order valence-corrected chi connectivity index (χ3v) is 2.63. The van der Waals surface area contributed by atoms with Crippen molar-refractivity contribution in [3.8, 4) is 11.6 Å². The third kappa shape index (κ3) is 2.40. The van der Waals surface area contributed by atoms with Crippen molar-refractivity contribution in [2.24, 2.45) is 0 Å². The molecule has 0 bridgehead atoms. The molecule has 2 heterocycles. The van der Waals surface area contributed by atoms with Gasteiger partial charge in [0.15, 0.2) is 5.82 Å². The lowest BCUT2D eigenvalue weighted by molar-refractivity contribution is 0.140. The summed E-state index contributed by atoms with van der Waals surface area (Å²) in [5.74, 6) is -0.0296. The van der Waals surface area contributed by atoms with E-state index in [4.69, 9.17) is 4.74 Å². The first-order valence-electron chi connectivity index (χ1n) is 5.87. The summed E-state index contributed by atoms with van der Waals surface area (Å²) in [6.45, 7) is 0. The van der Waals surface area contributed by atoms with Crippen molar-refractivity contribution in [3.63, 3.8) is 0 Å². The number of fused-ring (bicyclic) bond motifs is 1. The van der Waals surface area contributed by atoms with E-state index in [9.17, 15) is 8.78 Å². The van der Waals surface area contributed by atoms with E-state index in [1.54, 1.807) is 42.6 Å². The van der Waals surface area contributed by atoms with Gasteiger partial charge in [-0.2, -0.15) is 4.98 Å². The van der Waals surface area contributed by atoms with Crippen LogP contribution in [-0.2, 0) is 0 Å². The molecule has 0 aliphatic carbocycles. The van der Waals surface area contributed by atoms with Crippen LogP contribution >= 0.6 is 0 Å². The molecule has 2 aromatic heterocycles. The molecule has 0 atom stereocenters. The van der Waals surface area contributed by atoms with Crippen molar-refractivity contribution < 1.29 is 13.5 Å². The van der Waals surface area contributed by atoms with Gasteiger partial charge in [-0.1, -0.05) is 12.1 Å². The Morgan fingerprint density at radius 1 is 1.00 bits per heavy atom. The molecule has 4 nitrogen and oxygen atoms in total. The number of halogens is 2. The minimum Gasteiger partial charge on any atom is -0.437 e. The molecule has 20 heavy (non-hydrogen) atoms. The number of nitrogens with zero attached hydrogens (tertiary/aromatic N) is 3. The van der Waals surface area contributed by atoms with Gasteiger partial charge in [0.2, 0.25) is 5.88 Å². The van der Waals surface area contributed by atoms with Gasteiger partial charge >= 0.3 is 0 Å². The number of para-hydroxylation sites is 1. The molecule has 0 spiro atoms. The van der Waals surface area contributed by atoms with Gasteiger partial charge in [0.25, 0.3) is 6.43 Å². The summed E-state index contributed by atoms with van der Waals surface area (Å²) >= 11 is 0. The summed E-state index contributed by atoms with van der Waals surface area (Å²) in [4.78, 5) is 11.5. The van der Waals surface area contributed by atoms with Crippen LogP contribution in [0.3, 0.4) is 0 Å². The van der Waals surface area contributed by atoms with Crippen molar-refractivity contribution >= 4 is 10.9 Å². The van der Waals surface area contributed by atoms with Gasteiger partial charge in [0.05, 0.1) is 17.1 Å². The number of pyridine rings is 1. The number of rotatable bonds is 3. The van der Waals surface area contributed by atoms with Crippen LogP contribution in [0.1, 0.15) is 12.2 Å². The number of benzene rings is 1. The first kappa shape index (κ1) is 12.4. The second-order valence-electron chi connectivity index (χ2n) is 4.00. The van der Waals surface area contributed by atoms with Crippen LogP contribution in [0.4, 0.5) is 8.78 Å². The maximum Gasteiger partial charge on any atom is 0.297 e. The van der Waals surface area contributed by atoms with Gasteiger partial charge in [-0.15, -0.1) is 0 Å². The molecule has 0 unspecified atom stereocenters. The predicted octanol–water partition coefficient (Wildman–Crippen LogP) is 3.75. The SMILES string of the molecule is FC(F)c1nc(Oc2cccnc2)c2ccccc2n1. The van der Waals surface area contributed by atoms with Crippen molar-refractivity contribution in [3.05, 3.63) is 54.6 Å². The van der Waals surface area contributed by atoms with Crippen molar-refractivity contribution in [2.45, 2.75) is 6.43 Å². The van der Waals surface area contributed by atoms with E-state index >= 15 is 0 Å². The highest BCUT2D eigenvalue weighted by Gasteiger charge is 2.16. The van der Waals surface area contributed by atoms with Crippen molar-refractivity contribution in [1.82, 2.24) is 15.0 Å². The quantitative estimate of drug-likeness (QED) is 0.729. The molecule has 0 saturated heterocycles. The van der Waals surface area contributed by atoms with Crippen molar-refractivity contribution in [1.29, 1.82) is 0 Å². The fraction of sp³-hybridized carbons (Fsp3) is 0.0714. The first-order chi connectivity index (χ1) is 9.74. The molecule has 0 amide bonds. The van der Waals surface area contributed by atoms with Gasteiger partial charge in [-0.3, -0.25) is 4.98 Å². The molecule has 0 saturated carbocycles. The summed E-state index contributed by atoms with van der Waals surface area (Å²) in [6.07, 6.45) is 0.324. The van der Waals surface area contributed by atoms with E-state index in [-0.39, 0.29) is 5.88 Å². The zero-order valence-corrected chi connectivity index (χ0v) is 10.2. The molecule has 0 aliphatic rings. The van der Waals surface area contributed by atoms with Crippen LogP contribution in [0.5, 0.6) is 11.6 Å². The minimum atomic E-state index is -2.75. The number of aromatic nitrogens is 3. The Kier molecular flexibility index (Phi) is 3.20. The smallest absolute Gasteiger partial charge is 0.297 e. The molecule has 1 aromatic carbocycles. The van der Waals surface area contributed by atoms with E-state index in [1.165, 1.54) is 6.20 Å². The number of ether oxygens (including phenoxy) is 1. The normalized spacial score (nSPS) is 10.9. The summed E-state index contributed by atoms with van der Waals surface area (Å²) in [7, 11) is 0. The zero-order valence-electron chi connectivity index (χ0n) is 10.2. The minimum absolute atomic E-state index is 0.0962. The van der Waals surface area contributed by atoms with E-state index < -0.39 is 12.2 Å². The maximum absolute atomic E-state index is 12.8. The van der Waals surface area contributed by atoms with Crippen LogP contribution in [0, 0.1) is 0 Å². The molecular formula is C14H9F2N3O. The molecule has 0 radical (unpaired) electrons. The molecule has 100 valence electrons. The molecule has 0 fully saturated rings. The molecule has 3 rings (SSSR count). The Morgan fingerprint density at radius 3 is 2.60 bits per heavy atom. The molecular weight excluding hydrogens is 264 g/mol. The molecule has 3 aromatic rings. The Bertz CT molecular complexity index is 735. The highest BCUT2D eigenvalue weighted by molar-refractivity contribution is 5.83. The van der Waals surface area contributed by atoms with Gasteiger partial charge in [0, 0.05) is 6.20 Å². The maximum atomic E-state index is 12.8. The number of hydrogen-bond donors (Lipinski definition) is 0. The predicted molar refractivity (Wildman–Crippen MR) is 68.8 cm³/mol. The van der Waals surface area contributed by atoms with E-state index in [2.05, 4.69) is 15.0 Å². The van der Waals surface area contributed by atoms with Crippen LogP contribution < -0.4 is 4.74 Å². The molecule has 0 N–H and O–H groups in total. The van der Waals surface area contributed by atoms with Crippen LogP contribution in [0.25, 0.3) is 10.9 Å². The lowest BCUT2D eigenvalue weighted by Crippen LogP contribution is -1.99. The largest absolute Gasteiger partial charge is 0.437 e. The molecule has 0 aliphatic heterocycles. The van der Waals surface area contributed by atoms with Crippen LogP contribution in [0.15, 0.2) is 48.8 Å². The summed E-state index contributed by atoms with van der Waals surface area (Å²) in [5.41, 5.74) is 0.414. The zero-order chi connectivity index (χ0) is 13.9. The Morgan fingerprint density at radius 2 is 1.85 bits per heavy atom. The highest BCUT2D eigenvalue weighted by atomic mass is 19.3. The first-order valence-corrected chi connectivity index (χ1v) is 5.87. The van der Waals surface area contributed by atoms with E-state index in [0.29, 0.717) is 16.7 Å². The van der Waals surface area contributed by atoms with Crippen LogP contribution in [-0.4, -0.2) is 15.0 Å². The lowest BCUT2D eigenvalue weighted by Gasteiger charge is -2.09. The Hall–Kier alpha value is -2.63. The van der Waals surface area contributed by atoms with Gasteiger partial charge in [-0.25, -0.2) is 13.8 Å². The van der Waals surface area contributed by atoms with Gasteiger partial charge in [-0.05, 0) is 24.3 Å². The second kappa shape index (κ2) is 5.16. The Balaban J connectivity index is 2.12. The summed E-state index contributed by atoms with van der Waals surface area (Å²) in [6, 6.07) is 10.2. The number of hydrogen-bond acceptors (Lipinski definition) is 4. The van der Waals surface area contributed by atoms with Gasteiger partial charge < -0.3 is 4.74 Å². The fourth-order valence-corrected chi connectivity index (χ4v) is 1.76. The fourth-order valence-electron chi connectivity index (χ4n) is 1.76. The van der Waals surface area contributed by atoms with Crippen molar-refractivity contribution in [2.75, 3.05) is 0 Å². The lowest BCUT2D eigenvalue weighted by atomic mass is 10.2. The monoisotopic (exact) mass is 273 g/mol. The summed E-state index contributed by atoms with van der Waals surface area (Å²) < 4.78 is 31.2. The highest BCUT2D eigenvalue weighted by Crippen LogP contribution is 2.29. The Labute approximate surface area is 113 Å². The van der Waals surface area contributed by atoms with E-state index in [1.807, 2.05) is 0 Å². The topological polar surface area (TPSA) is 47.9 Å². The molecule has 6 heteroatoms. The summed E-state index contributed by atoms with van der Waals surface area (Å²) in [5, 5.41) is 0.570. The average Bonchev–Trinajstić information content (AvgIpc) is 2.48. The average molecular weight is 273 g/mol. The van der Waals surface area contributed by atoms with E-state index in [0.717, 1.165) is 0 Å². The second-order valence-corrected chi connectivity index (χ2v) is 4.00. The van der Waals surface area contributed by atoms with Crippen LogP contribution in [0.2, 0.25) is 0 Å². The standard InChI is InChI=1S/C14H9F2N3O/c15-12(16)13-18-11-6-2-1-5-10(11)14(19-13)20-9-4-3-7-17-8-9/h1-8,12H. The number of alkyl halides is 2. The van der Waals surface area contributed by atoms with Gasteiger partial charge in [0.1, 0.15) is 5.75 Å².